The lowest BCUT2D eigenvalue weighted by atomic mass is 9.94. The minimum Gasteiger partial charge on any atom is -0.504 e. The van der Waals surface area contributed by atoms with Gasteiger partial charge in [-0.2, -0.15) is 0 Å². The second kappa shape index (κ2) is 5.39. The number of aromatic hydroxyl groups is 1. The van der Waals surface area contributed by atoms with Crippen molar-refractivity contribution in [2.24, 2.45) is 5.92 Å². The van der Waals surface area contributed by atoms with E-state index in [0.29, 0.717) is 11.8 Å². The van der Waals surface area contributed by atoms with Crippen molar-refractivity contribution in [3.63, 3.8) is 0 Å². The van der Waals surface area contributed by atoms with Gasteiger partial charge in [-0.3, -0.25) is 4.90 Å². The SMILES string of the molecule is COc1cc(CN2CC3CCCNC3C2)ccc1O. The van der Waals surface area contributed by atoms with Crippen LogP contribution >= 0.6 is 0 Å². The molecule has 1 aromatic carbocycles. The summed E-state index contributed by atoms with van der Waals surface area (Å²) in [5, 5.41) is 13.2. The maximum atomic E-state index is 9.62. The average Bonchev–Trinajstić information content (AvgIpc) is 2.83. The molecule has 0 radical (unpaired) electrons. The molecule has 2 saturated heterocycles. The first-order chi connectivity index (χ1) is 9.26. The molecule has 19 heavy (non-hydrogen) atoms. The maximum Gasteiger partial charge on any atom is 0.160 e. The molecular formula is C15H22N2O2. The Balaban J connectivity index is 1.65. The molecule has 0 aliphatic carbocycles. The molecule has 4 nitrogen and oxygen atoms in total. The molecule has 2 aliphatic rings. The highest BCUT2D eigenvalue weighted by Gasteiger charge is 2.33. The van der Waals surface area contributed by atoms with E-state index in [0.717, 1.165) is 19.0 Å². The molecule has 0 bridgehead atoms. The van der Waals surface area contributed by atoms with E-state index in [2.05, 4.69) is 10.2 Å². The number of rotatable bonds is 3. The van der Waals surface area contributed by atoms with Crippen LogP contribution in [0.2, 0.25) is 0 Å². The summed E-state index contributed by atoms with van der Waals surface area (Å²) in [6.07, 6.45) is 2.66. The molecule has 2 unspecified atom stereocenters. The minimum atomic E-state index is 0.211. The van der Waals surface area contributed by atoms with E-state index >= 15 is 0 Å². The van der Waals surface area contributed by atoms with Crippen molar-refractivity contribution in [3.8, 4) is 11.5 Å². The Bertz CT molecular complexity index is 436. The maximum absolute atomic E-state index is 9.62. The fourth-order valence-electron chi connectivity index (χ4n) is 3.34. The van der Waals surface area contributed by atoms with Gasteiger partial charge in [0.1, 0.15) is 0 Å². The van der Waals surface area contributed by atoms with Gasteiger partial charge in [0.2, 0.25) is 0 Å². The number of piperidine rings is 1. The van der Waals surface area contributed by atoms with Crippen LogP contribution in [0.5, 0.6) is 11.5 Å². The molecular weight excluding hydrogens is 240 g/mol. The first-order valence-corrected chi connectivity index (χ1v) is 7.08. The summed E-state index contributed by atoms with van der Waals surface area (Å²) in [7, 11) is 1.59. The lowest BCUT2D eigenvalue weighted by molar-refractivity contribution is 0.311. The van der Waals surface area contributed by atoms with Gasteiger partial charge in [0.25, 0.3) is 0 Å². The number of hydrogen-bond acceptors (Lipinski definition) is 4. The molecule has 0 aromatic heterocycles. The third-order valence-corrected chi connectivity index (χ3v) is 4.33. The summed E-state index contributed by atoms with van der Waals surface area (Å²) in [4.78, 5) is 2.50. The Morgan fingerprint density at radius 2 is 2.32 bits per heavy atom. The van der Waals surface area contributed by atoms with Gasteiger partial charge in [0, 0.05) is 25.7 Å². The third-order valence-electron chi connectivity index (χ3n) is 4.33. The highest BCUT2D eigenvalue weighted by molar-refractivity contribution is 5.41. The Morgan fingerprint density at radius 3 is 3.11 bits per heavy atom. The molecule has 2 N–H and O–H groups in total. The van der Waals surface area contributed by atoms with Crippen molar-refractivity contribution in [2.75, 3.05) is 26.7 Å². The number of phenolic OH excluding ortho intramolecular Hbond substituents is 1. The van der Waals surface area contributed by atoms with Gasteiger partial charge in [-0.1, -0.05) is 6.07 Å². The molecule has 0 spiro atoms. The van der Waals surface area contributed by atoms with Crippen LogP contribution in [0.25, 0.3) is 0 Å². The second-order valence-corrected chi connectivity index (χ2v) is 5.66. The van der Waals surface area contributed by atoms with Gasteiger partial charge in [0.15, 0.2) is 11.5 Å². The minimum absolute atomic E-state index is 0.211. The Morgan fingerprint density at radius 1 is 1.42 bits per heavy atom. The van der Waals surface area contributed by atoms with Gasteiger partial charge < -0.3 is 15.2 Å². The number of methoxy groups -OCH3 is 1. The molecule has 0 amide bonds. The quantitative estimate of drug-likeness (QED) is 0.868. The summed E-state index contributed by atoms with van der Waals surface area (Å²) in [6.45, 7) is 4.42. The Hall–Kier alpha value is -1.26. The molecule has 3 rings (SSSR count). The molecule has 2 fully saturated rings. The van der Waals surface area contributed by atoms with E-state index in [9.17, 15) is 5.11 Å². The van der Waals surface area contributed by atoms with Crippen LogP contribution in [-0.4, -0.2) is 42.8 Å². The van der Waals surface area contributed by atoms with E-state index in [1.807, 2.05) is 12.1 Å². The zero-order chi connectivity index (χ0) is 13.2. The molecule has 4 heteroatoms. The molecule has 2 aliphatic heterocycles. The lowest BCUT2D eigenvalue weighted by Crippen LogP contribution is -2.40. The van der Waals surface area contributed by atoms with E-state index in [1.54, 1.807) is 13.2 Å². The van der Waals surface area contributed by atoms with Crippen molar-refractivity contribution in [2.45, 2.75) is 25.4 Å². The number of hydrogen-bond donors (Lipinski definition) is 2. The van der Waals surface area contributed by atoms with Crippen molar-refractivity contribution >= 4 is 0 Å². The number of likely N-dealkylation sites (tertiary alicyclic amines) is 1. The third kappa shape index (κ3) is 2.69. The predicted octanol–water partition coefficient (Wildman–Crippen LogP) is 1.58. The van der Waals surface area contributed by atoms with Crippen LogP contribution in [0, 0.1) is 5.92 Å². The fraction of sp³-hybridized carbons (Fsp3) is 0.600. The van der Waals surface area contributed by atoms with Crippen LogP contribution < -0.4 is 10.1 Å². The van der Waals surface area contributed by atoms with E-state index in [-0.39, 0.29) is 5.75 Å². The molecule has 104 valence electrons. The molecule has 2 atom stereocenters. The molecule has 2 heterocycles. The number of benzene rings is 1. The van der Waals surface area contributed by atoms with Crippen molar-refractivity contribution in [1.29, 1.82) is 0 Å². The van der Waals surface area contributed by atoms with E-state index in [4.69, 9.17) is 4.74 Å². The summed E-state index contributed by atoms with van der Waals surface area (Å²) >= 11 is 0. The smallest absolute Gasteiger partial charge is 0.160 e. The zero-order valence-electron chi connectivity index (χ0n) is 11.4. The largest absolute Gasteiger partial charge is 0.504 e. The normalized spacial score (nSPS) is 27.2. The Kier molecular flexibility index (Phi) is 3.62. The lowest BCUT2D eigenvalue weighted by Gasteiger charge is -2.24. The monoisotopic (exact) mass is 262 g/mol. The standard InChI is InChI=1S/C15H22N2O2/c1-19-15-7-11(4-5-14(15)18)8-17-9-12-3-2-6-16-13(12)10-17/h4-5,7,12-13,16,18H,2-3,6,8-10H2,1H3. The average molecular weight is 262 g/mol. The van der Waals surface area contributed by atoms with E-state index < -0.39 is 0 Å². The van der Waals surface area contributed by atoms with Gasteiger partial charge in [-0.15, -0.1) is 0 Å². The number of ether oxygens (including phenoxy) is 1. The number of phenols is 1. The first kappa shape index (κ1) is 12.8. The predicted molar refractivity (Wildman–Crippen MR) is 74.5 cm³/mol. The number of nitrogens with zero attached hydrogens (tertiary/aromatic N) is 1. The van der Waals surface area contributed by atoms with Crippen LogP contribution in [-0.2, 0) is 6.54 Å². The zero-order valence-corrected chi connectivity index (χ0v) is 11.4. The topological polar surface area (TPSA) is 44.7 Å². The number of nitrogens with one attached hydrogen (secondary N) is 1. The van der Waals surface area contributed by atoms with Gasteiger partial charge in [-0.05, 0) is 43.0 Å². The fourth-order valence-corrected chi connectivity index (χ4v) is 3.34. The first-order valence-electron chi connectivity index (χ1n) is 7.08. The number of fused-ring (bicyclic) bond motifs is 1. The van der Waals surface area contributed by atoms with Crippen molar-refractivity contribution in [1.82, 2.24) is 10.2 Å². The van der Waals surface area contributed by atoms with Crippen LogP contribution in [0.15, 0.2) is 18.2 Å². The highest BCUT2D eigenvalue weighted by atomic mass is 16.5. The van der Waals surface area contributed by atoms with Gasteiger partial charge >= 0.3 is 0 Å². The van der Waals surface area contributed by atoms with Gasteiger partial charge in [0.05, 0.1) is 7.11 Å². The van der Waals surface area contributed by atoms with Crippen LogP contribution in [0.4, 0.5) is 0 Å². The highest BCUT2D eigenvalue weighted by Crippen LogP contribution is 2.29. The van der Waals surface area contributed by atoms with Gasteiger partial charge in [-0.25, -0.2) is 0 Å². The molecule has 1 aromatic rings. The second-order valence-electron chi connectivity index (χ2n) is 5.66. The van der Waals surface area contributed by atoms with Crippen molar-refractivity contribution in [3.05, 3.63) is 23.8 Å². The summed E-state index contributed by atoms with van der Waals surface area (Å²) in [5.74, 6) is 1.59. The van der Waals surface area contributed by atoms with Crippen LogP contribution in [0.3, 0.4) is 0 Å². The molecule has 0 saturated carbocycles. The van der Waals surface area contributed by atoms with Crippen molar-refractivity contribution < 1.29 is 9.84 Å². The summed E-state index contributed by atoms with van der Waals surface area (Å²) in [6, 6.07) is 6.31. The summed E-state index contributed by atoms with van der Waals surface area (Å²) < 4.78 is 5.16. The van der Waals surface area contributed by atoms with E-state index in [1.165, 1.54) is 31.5 Å². The van der Waals surface area contributed by atoms with Crippen LogP contribution in [0.1, 0.15) is 18.4 Å². The summed E-state index contributed by atoms with van der Waals surface area (Å²) in [5.41, 5.74) is 1.20. The Labute approximate surface area is 114 Å².